The van der Waals surface area contributed by atoms with Crippen LogP contribution in [0.5, 0.6) is 0 Å². The van der Waals surface area contributed by atoms with Crippen molar-refractivity contribution in [1.29, 1.82) is 0 Å². The molecule has 38 valence electrons. The highest BCUT2D eigenvalue weighted by Gasteiger charge is 1.75. The van der Waals surface area contributed by atoms with Crippen molar-refractivity contribution >= 4 is 23.7 Å². The zero-order chi connectivity index (χ0) is 4.83. The Hall–Kier alpha value is 0.657. The van der Waals surface area contributed by atoms with E-state index in [2.05, 4.69) is 22.2 Å². The Morgan fingerprint density at radius 2 is 2.50 bits per heavy atom. The van der Waals surface area contributed by atoms with Crippen molar-refractivity contribution in [3.63, 3.8) is 0 Å². The van der Waals surface area contributed by atoms with Gasteiger partial charge in [-0.15, -0.1) is 0 Å². The van der Waals surface area contributed by atoms with Gasteiger partial charge in [0, 0.05) is 6.61 Å². The van der Waals surface area contributed by atoms with Crippen molar-refractivity contribution in [3.8, 4) is 0 Å². The van der Waals surface area contributed by atoms with Crippen molar-refractivity contribution in [2.45, 2.75) is 13.3 Å². The van der Waals surface area contributed by atoms with E-state index in [1.807, 2.05) is 0 Å². The smallest absolute Gasteiger partial charge is 0.232 e. The molecule has 0 bridgehead atoms. The molecule has 0 saturated heterocycles. The minimum Gasteiger partial charge on any atom is -0.412 e. The van der Waals surface area contributed by atoms with Crippen LogP contribution in [-0.4, -0.2) is 15.0 Å². The molecule has 0 amide bonds. The van der Waals surface area contributed by atoms with Gasteiger partial charge in [-0.3, -0.25) is 0 Å². The molecule has 0 rings (SSSR count). The lowest BCUT2D eigenvalue weighted by Crippen LogP contribution is -1.89. The summed E-state index contributed by atoms with van der Waals surface area (Å²) in [7, 11) is -0.285. The van der Waals surface area contributed by atoms with Crippen molar-refractivity contribution in [2.24, 2.45) is 0 Å². The average Bonchev–Trinajstić information content (AvgIpc) is 1.61. The van der Waals surface area contributed by atoms with E-state index < -0.39 is 0 Å². The van der Waals surface area contributed by atoms with E-state index in [-0.39, 0.29) is 8.38 Å². The molecule has 0 aliphatic heterocycles. The number of hydrogen-bond donors (Lipinski definition) is 0. The zero-order valence-corrected chi connectivity index (χ0v) is 6.91. The summed E-state index contributed by atoms with van der Waals surface area (Å²) in [6.07, 6.45) is 1.14. The third kappa shape index (κ3) is 4.66. The van der Waals surface area contributed by atoms with Crippen LogP contribution in [0.3, 0.4) is 0 Å². The predicted molar refractivity (Wildman–Crippen MR) is 33.7 cm³/mol. The van der Waals surface area contributed by atoms with Crippen LogP contribution in [0.25, 0.3) is 0 Å². The van der Waals surface area contributed by atoms with Gasteiger partial charge in [0.15, 0.2) is 0 Å². The van der Waals surface area contributed by atoms with Crippen molar-refractivity contribution in [3.05, 3.63) is 0 Å². The summed E-state index contributed by atoms with van der Waals surface area (Å²) < 4.78 is 5.04. The van der Waals surface area contributed by atoms with Crippen LogP contribution in [0.15, 0.2) is 0 Å². The van der Waals surface area contributed by atoms with E-state index in [0.29, 0.717) is 0 Å². The summed E-state index contributed by atoms with van der Waals surface area (Å²) in [5, 5.41) is 0. The third-order valence-electron chi connectivity index (χ3n) is 0.426. The second-order valence-corrected chi connectivity index (χ2v) is 3.02. The molecule has 0 radical (unpaired) electrons. The van der Waals surface area contributed by atoms with E-state index >= 15 is 0 Å². The van der Waals surface area contributed by atoms with Crippen molar-refractivity contribution < 1.29 is 4.43 Å². The molecule has 3 heteroatoms. The van der Waals surface area contributed by atoms with Crippen LogP contribution in [0.2, 0.25) is 0 Å². The number of halogens is 1. The Labute approximate surface area is 48.6 Å². The van der Waals surface area contributed by atoms with Crippen LogP contribution in [0, 0.1) is 0 Å². The molecule has 0 saturated carbocycles. The van der Waals surface area contributed by atoms with Gasteiger partial charge in [-0.25, -0.2) is 0 Å². The van der Waals surface area contributed by atoms with Crippen LogP contribution >= 0.6 is 15.3 Å². The Bertz CT molecular complexity index is 22.8. The fourth-order valence-electron chi connectivity index (χ4n) is 0.199. The maximum Gasteiger partial charge on any atom is 0.232 e. The summed E-state index contributed by atoms with van der Waals surface area (Å²) in [5.41, 5.74) is 0. The molecule has 0 atom stereocenters. The van der Waals surface area contributed by atoms with Crippen LogP contribution < -0.4 is 0 Å². The van der Waals surface area contributed by atoms with Gasteiger partial charge in [0.2, 0.25) is 8.38 Å². The maximum absolute atomic E-state index is 5.04. The molecule has 0 aromatic heterocycles. The highest BCUT2D eigenvalue weighted by atomic mass is 79.9. The molecule has 0 aliphatic carbocycles. The third-order valence-corrected chi connectivity index (χ3v) is 1.84. The first-order valence-electron chi connectivity index (χ1n) is 2.05. The van der Waals surface area contributed by atoms with Gasteiger partial charge in [-0.05, 0) is 6.42 Å². The van der Waals surface area contributed by atoms with Gasteiger partial charge in [0.05, 0.1) is 0 Å². The lowest BCUT2D eigenvalue weighted by molar-refractivity contribution is 0.346. The van der Waals surface area contributed by atoms with Gasteiger partial charge >= 0.3 is 0 Å². The molecule has 6 heavy (non-hydrogen) atoms. The van der Waals surface area contributed by atoms with Crippen LogP contribution in [0.4, 0.5) is 0 Å². The molecule has 0 aliphatic rings. The molecule has 0 fully saturated rings. The van der Waals surface area contributed by atoms with Crippen LogP contribution in [-0.2, 0) is 4.43 Å². The van der Waals surface area contributed by atoms with Crippen molar-refractivity contribution in [1.82, 2.24) is 0 Å². The molecule has 0 spiro atoms. The minimum absolute atomic E-state index is 0.285. The molecule has 0 aromatic carbocycles. The molecule has 0 heterocycles. The first-order chi connectivity index (χ1) is 2.91. The Morgan fingerprint density at radius 1 is 1.83 bits per heavy atom. The molecular weight excluding hydrogens is 160 g/mol. The normalized spacial score (nSPS) is 11.0. The summed E-state index contributed by atoms with van der Waals surface area (Å²) in [6.45, 7) is 3.04. The van der Waals surface area contributed by atoms with E-state index in [0.717, 1.165) is 13.0 Å². The minimum atomic E-state index is -0.285. The van der Waals surface area contributed by atoms with Gasteiger partial charge < -0.3 is 4.43 Å². The molecule has 0 unspecified atom stereocenters. The molecule has 0 aromatic rings. The average molecular weight is 169 g/mol. The molecule has 0 N–H and O–H groups in total. The number of hydrogen-bond acceptors (Lipinski definition) is 1. The van der Waals surface area contributed by atoms with E-state index in [1.54, 1.807) is 0 Å². The fourth-order valence-corrected chi connectivity index (χ4v) is 1.28. The van der Waals surface area contributed by atoms with Crippen molar-refractivity contribution in [2.75, 3.05) is 6.61 Å². The largest absolute Gasteiger partial charge is 0.412 e. The van der Waals surface area contributed by atoms with E-state index in [9.17, 15) is 0 Å². The second-order valence-electron chi connectivity index (χ2n) is 1.02. The Balaban J connectivity index is 2.34. The lowest BCUT2D eigenvalue weighted by atomic mass is 10.5. The molecular formula is C3H9BrOSi. The summed E-state index contributed by atoms with van der Waals surface area (Å²) in [6, 6.07) is 0. The van der Waals surface area contributed by atoms with Gasteiger partial charge in [0.25, 0.3) is 0 Å². The Kier molecular flexibility index (Phi) is 6.28. The standard InChI is InChI=1S/C3H9BrOSi/c1-2-3-5-6-4/h2-3,6H2,1H3. The van der Waals surface area contributed by atoms with E-state index in [4.69, 9.17) is 4.43 Å². The Morgan fingerprint density at radius 3 is 2.67 bits per heavy atom. The topological polar surface area (TPSA) is 9.23 Å². The van der Waals surface area contributed by atoms with Crippen LogP contribution in [0.1, 0.15) is 13.3 Å². The summed E-state index contributed by atoms with van der Waals surface area (Å²) in [4.78, 5) is 0. The van der Waals surface area contributed by atoms with Gasteiger partial charge in [-0.2, -0.15) is 0 Å². The number of rotatable bonds is 3. The second kappa shape index (κ2) is 5.66. The monoisotopic (exact) mass is 168 g/mol. The maximum atomic E-state index is 5.04. The van der Waals surface area contributed by atoms with Gasteiger partial charge in [0.1, 0.15) is 0 Å². The zero-order valence-electron chi connectivity index (χ0n) is 3.91. The fraction of sp³-hybridized carbons (Fsp3) is 1.00. The highest BCUT2D eigenvalue weighted by molar-refractivity contribution is 9.23. The summed E-state index contributed by atoms with van der Waals surface area (Å²) in [5.74, 6) is 0. The first kappa shape index (κ1) is 6.66. The first-order valence-corrected chi connectivity index (χ1v) is 6.53. The van der Waals surface area contributed by atoms with E-state index in [1.165, 1.54) is 0 Å². The predicted octanol–water partition coefficient (Wildman–Crippen LogP) is 0.807. The highest BCUT2D eigenvalue weighted by Crippen LogP contribution is 1.80. The SMILES string of the molecule is CCCO[SiH2]Br. The van der Waals surface area contributed by atoms with Gasteiger partial charge in [-0.1, -0.05) is 22.2 Å². The lowest BCUT2D eigenvalue weighted by Gasteiger charge is -1.90. The quantitative estimate of drug-likeness (QED) is 0.345. The summed E-state index contributed by atoms with van der Waals surface area (Å²) >= 11 is 3.27. The molecule has 1 nitrogen and oxygen atoms in total.